The molecule has 6 rings (SSSR count). The van der Waals surface area contributed by atoms with Crippen molar-refractivity contribution >= 4 is 24.2 Å². The summed E-state index contributed by atoms with van der Waals surface area (Å²) in [6.07, 6.45) is 3.49. The molecule has 5 aromatic carbocycles. The van der Waals surface area contributed by atoms with Crippen LogP contribution in [0.15, 0.2) is 140 Å². The molecule has 47 heavy (non-hydrogen) atoms. The van der Waals surface area contributed by atoms with Gasteiger partial charge in [0.15, 0.2) is 0 Å². The Balaban J connectivity index is 0.00000433. The minimum atomic E-state index is -0.628. The fourth-order valence-corrected chi connectivity index (χ4v) is 6.01. The molecule has 0 heterocycles. The molecule has 240 valence electrons. The average molecular weight is 644 g/mol. The Labute approximate surface area is 284 Å². The molecule has 0 aliphatic heterocycles. The number of amides is 2. The maximum Gasteiger partial charge on any atom is 0.251 e. The maximum absolute atomic E-state index is 13.5. The summed E-state index contributed by atoms with van der Waals surface area (Å²) < 4.78 is 0. The van der Waals surface area contributed by atoms with Gasteiger partial charge in [-0.25, -0.2) is 0 Å². The van der Waals surface area contributed by atoms with Crippen LogP contribution in [0.3, 0.4) is 0 Å². The highest BCUT2D eigenvalue weighted by Crippen LogP contribution is 2.40. The summed E-state index contributed by atoms with van der Waals surface area (Å²) in [5.41, 5.74) is 7.32. The molecule has 1 aliphatic carbocycles. The predicted octanol–water partition coefficient (Wildman–Crippen LogP) is 8.17. The van der Waals surface area contributed by atoms with E-state index in [1.54, 1.807) is 0 Å². The van der Waals surface area contributed by atoms with Crippen LogP contribution in [-0.2, 0) is 11.3 Å². The topological polar surface area (TPSA) is 70.2 Å². The Morgan fingerprint density at radius 3 is 1.94 bits per heavy atom. The van der Waals surface area contributed by atoms with E-state index >= 15 is 0 Å². The maximum atomic E-state index is 13.5. The summed E-state index contributed by atoms with van der Waals surface area (Å²) >= 11 is 0. The van der Waals surface area contributed by atoms with Crippen LogP contribution < -0.4 is 16.0 Å². The fraction of sp³-hybridized carbons (Fsp3) is 0.220. The summed E-state index contributed by atoms with van der Waals surface area (Å²) in [5, 5.41) is 9.80. The van der Waals surface area contributed by atoms with Gasteiger partial charge in [0.1, 0.15) is 6.04 Å². The number of unbranched alkanes of at least 4 members (excludes halogenated alkanes) is 1. The van der Waals surface area contributed by atoms with Gasteiger partial charge in [-0.3, -0.25) is 9.59 Å². The predicted molar refractivity (Wildman–Crippen MR) is 194 cm³/mol. The molecule has 6 heteroatoms. The number of hydrogen-bond acceptors (Lipinski definition) is 3. The molecular weight excluding hydrogens is 602 g/mol. The zero-order chi connectivity index (χ0) is 31.6. The highest BCUT2D eigenvalue weighted by molar-refractivity contribution is 5.98. The third-order valence-electron chi connectivity index (χ3n) is 8.72. The number of nitrogens with one attached hydrogen (secondary N) is 3. The Kier molecular flexibility index (Phi) is 12.0. The molecule has 5 nitrogen and oxygen atoms in total. The molecule has 1 unspecified atom stereocenters. The van der Waals surface area contributed by atoms with Crippen molar-refractivity contribution in [3.8, 4) is 22.3 Å². The Morgan fingerprint density at radius 2 is 1.26 bits per heavy atom. The Hall–Kier alpha value is -4.71. The number of carbonyl (C=O) groups is 2. The molecule has 0 saturated heterocycles. The zero-order valence-electron chi connectivity index (χ0n) is 26.5. The van der Waals surface area contributed by atoms with E-state index in [2.05, 4.69) is 70.5 Å². The number of benzene rings is 5. The summed E-state index contributed by atoms with van der Waals surface area (Å²) in [6, 6.07) is 46.6. The monoisotopic (exact) mass is 643 g/mol. The third kappa shape index (κ3) is 9.41. The van der Waals surface area contributed by atoms with E-state index in [-0.39, 0.29) is 24.2 Å². The van der Waals surface area contributed by atoms with E-state index < -0.39 is 6.04 Å². The lowest BCUT2D eigenvalue weighted by Gasteiger charge is -2.19. The van der Waals surface area contributed by atoms with Crippen LogP contribution in [0.5, 0.6) is 0 Å². The molecule has 0 spiro atoms. The van der Waals surface area contributed by atoms with Crippen LogP contribution in [0.1, 0.15) is 53.1 Å². The first kappa shape index (κ1) is 33.6. The first-order valence-electron chi connectivity index (χ1n) is 16.3. The first-order valence-corrected chi connectivity index (χ1v) is 16.3. The van der Waals surface area contributed by atoms with Gasteiger partial charge in [-0.05, 0) is 83.8 Å². The molecule has 3 N–H and O–H groups in total. The van der Waals surface area contributed by atoms with Crippen molar-refractivity contribution in [2.45, 2.75) is 50.2 Å². The van der Waals surface area contributed by atoms with Gasteiger partial charge in [0.2, 0.25) is 5.91 Å². The van der Waals surface area contributed by atoms with E-state index in [0.29, 0.717) is 30.5 Å². The van der Waals surface area contributed by atoms with Crippen LogP contribution in [0.25, 0.3) is 22.3 Å². The largest absolute Gasteiger partial charge is 0.350 e. The minimum Gasteiger partial charge on any atom is -0.350 e. The molecule has 3 atom stereocenters. The minimum absolute atomic E-state index is 0. The molecule has 0 radical (unpaired) electrons. The van der Waals surface area contributed by atoms with E-state index in [4.69, 9.17) is 0 Å². The normalized spacial score (nSPS) is 15.6. The standard InChI is InChI=1S/C41H41N3O2.ClH/c45-40(35-24-22-33(23-25-35)31-14-4-1-5-15-31)44-38(21-10-11-26-42-39-28-37(39)34-18-8-3-9-19-34)41(46)43-29-30-13-12-20-36(27-30)32-16-6-2-7-17-32;/h1-9,12-20,22-25,27,37-39,42H,10-11,21,26,28-29H2,(H,43,46)(H,44,45);1H/t37-,38?,39+;/m0./s1. The number of rotatable bonds is 14. The summed E-state index contributed by atoms with van der Waals surface area (Å²) in [5.74, 6) is 0.180. The lowest BCUT2D eigenvalue weighted by atomic mass is 10.0. The molecule has 0 aromatic heterocycles. The molecule has 5 aromatic rings. The summed E-state index contributed by atoms with van der Waals surface area (Å²) in [6.45, 7) is 1.28. The van der Waals surface area contributed by atoms with E-state index in [1.807, 2.05) is 84.9 Å². The van der Waals surface area contributed by atoms with Crippen molar-refractivity contribution in [2.75, 3.05) is 6.54 Å². The second-order valence-electron chi connectivity index (χ2n) is 12.1. The van der Waals surface area contributed by atoms with Crippen LogP contribution in [0, 0.1) is 0 Å². The summed E-state index contributed by atoms with van der Waals surface area (Å²) in [7, 11) is 0. The highest BCUT2D eigenvalue weighted by Gasteiger charge is 2.37. The molecule has 2 amide bonds. The van der Waals surface area contributed by atoms with Crippen molar-refractivity contribution in [1.82, 2.24) is 16.0 Å². The lowest BCUT2D eigenvalue weighted by Crippen LogP contribution is -2.46. The van der Waals surface area contributed by atoms with Crippen molar-refractivity contribution in [1.29, 1.82) is 0 Å². The first-order chi connectivity index (χ1) is 22.6. The van der Waals surface area contributed by atoms with Gasteiger partial charge in [0, 0.05) is 24.1 Å². The lowest BCUT2D eigenvalue weighted by molar-refractivity contribution is -0.123. The van der Waals surface area contributed by atoms with Gasteiger partial charge < -0.3 is 16.0 Å². The Bertz CT molecular complexity index is 1710. The molecule has 0 bridgehead atoms. The van der Waals surface area contributed by atoms with Gasteiger partial charge in [-0.2, -0.15) is 0 Å². The fourth-order valence-electron chi connectivity index (χ4n) is 6.01. The van der Waals surface area contributed by atoms with E-state index in [0.717, 1.165) is 47.2 Å². The molecule has 1 saturated carbocycles. The third-order valence-corrected chi connectivity index (χ3v) is 8.72. The smallest absolute Gasteiger partial charge is 0.251 e. The Morgan fingerprint density at radius 1 is 0.660 bits per heavy atom. The van der Waals surface area contributed by atoms with Gasteiger partial charge >= 0.3 is 0 Å². The van der Waals surface area contributed by atoms with Gasteiger partial charge in [-0.15, -0.1) is 12.4 Å². The van der Waals surface area contributed by atoms with Crippen LogP contribution in [-0.4, -0.2) is 30.4 Å². The van der Waals surface area contributed by atoms with Crippen LogP contribution in [0.2, 0.25) is 0 Å². The molecule has 1 aliphatic rings. The number of hydrogen-bond donors (Lipinski definition) is 3. The quantitative estimate of drug-likeness (QED) is 0.107. The van der Waals surface area contributed by atoms with Gasteiger partial charge in [-0.1, -0.05) is 121 Å². The number of halogens is 1. The van der Waals surface area contributed by atoms with Crippen molar-refractivity contribution in [3.63, 3.8) is 0 Å². The second kappa shape index (κ2) is 16.7. The number of carbonyl (C=O) groups excluding carboxylic acids is 2. The average Bonchev–Trinajstić information content (AvgIpc) is 3.91. The van der Waals surface area contributed by atoms with Gasteiger partial charge in [0.05, 0.1) is 0 Å². The van der Waals surface area contributed by atoms with Crippen LogP contribution >= 0.6 is 12.4 Å². The van der Waals surface area contributed by atoms with Gasteiger partial charge in [0.25, 0.3) is 5.91 Å². The summed E-state index contributed by atoms with van der Waals surface area (Å²) in [4.78, 5) is 26.9. The zero-order valence-corrected chi connectivity index (χ0v) is 27.3. The van der Waals surface area contributed by atoms with Crippen molar-refractivity contribution < 1.29 is 9.59 Å². The second-order valence-corrected chi connectivity index (χ2v) is 12.1. The van der Waals surface area contributed by atoms with E-state index in [9.17, 15) is 9.59 Å². The van der Waals surface area contributed by atoms with Crippen molar-refractivity contribution in [3.05, 3.63) is 156 Å². The molecular formula is C41H42ClN3O2. The molecule has 1 fully saturated rings. The van der Waals surface area contributed by atoms with Crippen LogP contribution in [0.4, 0.5) is 0 Å². The highest BCUT2D eigenvalue weighted by atomic mass is 35.5. The van der Waals surface area contributed by atoms with E-state index in [1.165, 1.54) is 12.0 Å². The van der Waals surface area contributed by atoms with Crippen molar-refractivity contribution in [2.24, 2.45) is 0 Å². The SMILES string of the molecule is Cl.O=C(NC(CCCCN[C@@H]1C[C@H]1c1ccccc1)C(=O)NCc1cccc(-c2ccccc2)c1)c1ccc(-c2ccccc2)cc1.